The molecule has 122 valence electrons. The summed E-state index contributed by atoms with van der Waals surface area (Å²) in [6, 6.07) is -0.0679. The van der Waals surface area contributed by atoms with Gasteiger partial charge in [0.2, 0.25) is 5.78 Å². The molecule has 11 heteroatoms. The highest BCUT2D eigenvalue weighted by molar-refractivity contribution is 6.02. The molecule has 0 unspecified atom stereocenters. The zero-order valence-corrected chi connectivity index (χ0v) is 10.0. The fraction of sp³-hybridized carbons (Fsp3) is 0.273. The Morgan fingerprint density at radius 3 is 1.59 bits per heavy atom. The van der Waals surface area contributed by atoms with Crippen LogP contribution in [0.3, 0.4) is 0 Å². The lowest BCUT2D eigenvalue weighted by Crippen LogP contribution is -2.61. The van der Waals surface area contributed by atoms with Gasteiger partial charge in [0.25, 0.3) is 0 Å². The fourth-order valence-corrected chi connectivity index (χ4v) is 1.34. The van der Waals surface area contributed by atoms with Gasteiger partial charge in [-0.2, -0.15) is 26.3 Å². The monoisotopic (exact) mass is 336 g/mol. The Labute approximate surface area is 116 Å². The van der Waals surface area contributed by atoms with E-state index in [0.29, 0.717) is 0 Å². The van der Waals surface area contributed by atoms with Crippen LogP contribution in [0.15, 0.2) is 18.2 Å². The maximum atomic E-state index is 13.3. The molecule has 0 radical (unpaired) electrons. The number of Topliss-reactive ketones (excluding diaryl/α,β-unsaturated/α-hetero) is 1. The van der Waals surface area contributed by atoms with Gasteiger partial charge in [0, 0.05) is 11.6 Å². The van der Waals surface area contributed by atoms with E-state index in [9.17, 15) is 44.7 Å². The zero-order chi connectivity index (χ0) is 17.5. The standard InChI is InChI=1S/C11H4F8O3/c12-5-1-4(2-6(13)3-5)7(20)9(14,15)11(18,19)10(16,17)8(21)22/h1-3H,(H,21,22). The molecular formula is C11H4F8O3. The molecule has 0 aliphatic heterocycles. The lowest BCUT2D eigenvalue weighted by Gasteiger charge is -2.29. The number of ketones is 1. The summed E-state index contributed by atoms with van der Waals surface area (Å²) in [5.41, 5.74) is -1.66. The zero-order valence-electron chi connectivity index (χ0n) is 10.0. The topological polar surface area (TPSA) is 54.4 Å². The smallest absolute Gasteiger partial charge is 0.411 e. The molecule has 3 nitrogen and oxygen atoms in total. The fourth-order valence-electron chi connectivity index (χ4n) is 1.34. The van der Waals surface area contributed by atoms with E-state index in [2.05, 4.69) is 0 Å². The second-order valence-corrected chi connectivity index (χ2v) is 4.02. The Morgan fingerprint density at radius 1 is 0.818 bits per heavy atom. The minimum atomic E-state index is -6.63. The molecular weight excluding hydrogens is 332 g/mol. The van der Waals surface area contributed by atoms with Crippen LogP contribution in [0, 0.1) is 11.6 Å². The number of aliphatic carboxylic acids is 1. The summed E-state index contributed by atoms with van der Waals surface area (Å²) < 4.78 is 104. The van der Waals surface area contributed by atoms with E-state index in [1.807, 2.05) is 0 Å². The third-order valence-electron chi connectivity index (χ3n) is 2.47. The van der Waals surface area contributed by atoms with E-state index in [1.54, 1.807) is 0 Å². The predicted octanol–water partition coefficient (Wildman–Crippen LogP) is 3.14. The summed E-state index contributed by atoms with van der Waals surface area (Å²) in [6.07, 6.45) is 0. The van der Waals surface area contributed by atoms with Crippen LogP contribution in [0.1, 0.15) is 10.4 Å². The third kappa shape index (κ3) is 2.62. The summed E-state index contributed by atoms with van der Waals surface area (Å²) in [7, 11) is 0. The Kier molecular flexibility index (Phi) is 4.23. The van der Waals surface area contributed by atoms with Gasteiger partial charge in [0.1, 0.15) is 11.6 Å². The van der Waals surface area contributed by atoms with Gasteiger partial charge in [0.15, 0.2) is 0 Å². The van der Waals surface area contributed by atoms with E-state index in [0.717, 1.165) is 0 Å². The van der Waals surface area contributed by atoms with Crippen LogP contribution in [0.5, 0.6) is 0 Å². The number of carboxylic acid groups (broad SMARTS) is 1. The first kappa shape index (κ1) is 17.9. The number of rotatable bonds is 5. The lowest BCUT2D eigenvalue weighted by atomic mass is 9.96. The summed E-state index contributed by atoms with van der Waals surface area (Å²) in [4.78, 5) is 21.2. The van der Waals surface area contributed by atoms with Crippen molar-refractivity contribution in [3.05, 3.63) is 35.4 Å². The maximum absolute atomic E-state index is 13.3. The van der Waals surface area contributed by atoms with Crippen LogP contribution in [0.25, 0.3) is 0 Å². The molecule has 1 rings (SSSR count). The van der Waals surface area contributed by atoms with Crippen molar-refractivity contribution in [3.63, 3.8) is 0 Å². The maximum Gasteiger partial charge on any atom is 0.411 e. The Morgan fingerprint density at radius 2 is 1.23 bits per heavy atom. The number of carbonyl (C=O) groups is 2. The Hall–Kier alpha value is -2.20. The van der Waals surface area contributed by atoms with Gasteiger partial charge < -0.3 is 5.11 Å². The van der Waals surface area contributed by atoms with Crippen molar-refractivity contribution >= 4 is 11.8 Å². The predicted molar refractivity (Wildman–Crippen MR) is 53.2 cm³/mol. The van der Waals surface area contributed by atoms with Gasteiger partial charge in [-0.05, 0) is 12.1 Å². The summed E-state index contributed by atoms with van der Waals surface area (Å²) in [6.45, 7) is 0. The van der Waals surface area contributed by atoms with Gasteiger partial charge in [0.05, 0.1) is 0 Å². The molecule has 0 aromatic heterocycles. The van der Waals surface area contributed by atoms with E-state index >= 15 is 0 Å². The highest BCUT2D eigenvalue weighted by Crippen LogP contribution is 2.47. The molecule has 0 bridgehead atoms. The molecule has 0 saturated heterocycles. The van der Waals surface area contributed by atoms with Crippen molar-refractivity contribution < 1.29 is 49.8 Å². The average Bonchev–Trinajstić information content (AvgIpc) is 2.35. The minimum absolute atomic E-state index is 0.0890. The largest absolute Gasteiger partial charge is 0.477 e. The molecule has 0 amide bonds. The number of carboxylic acids is 1. The van der Waals surface area contributed by atoms with Gasteiger partial charge in [-0.3, -0.25) is 4.79 Å². The second kappa shape index (κ2) is 5.21. The first-order valence-corrected chi connectivity index (χ1v) is 5.13. The Balaban J connectivity index is 3.39. The summed E-state index contributed by atoms with van der Waals surface area (Å²) in [5, 5.41) is 7.89. The number of halogens is 8. The SMILES string of the molecule is O=C(O)C(F)(F)C(F)(F)C(F)(F)C(=O)c1cc(F)cc(F)c1. The van der Waals surface area contributed by atoms with E-state index in [4.69, 9.17) is 5.11 Å². The molecule has 0 aliphatic rings. The third-order valence-corrected chi connectivity index (χ3v) is 2.47. The van der Waals surface area contributed by atoms with Crippen molar-refractivity contribution in [1.82, 2.24) is 0 Å². The first-order valence-electron chi connectivity index (χ1n) is 5.13. The van der Waals surface area contributed by atoms with E-state index in [-0.39, 0.29) is 18.2 Å². The highest BCUT2D eigenvalue weighted by Gasteiger charge is 2.78. The molecule has 0 saturated carbocycles. The molecule has 22 heavy (non-hydrogen) atoms. The summed E-state index contributed by atoms with van der Waals surface area (Å²) in [5.74, 6) is -29.0. The molecule has 0 spiro atoms. The molecule has 1 aromatic carbocycles. The molecule has 0 aliphatic carbocycles. The van der Waals surface area contributed by atoms with Gasteiger partial charge in [-0.1, -0.05) is 0 Å². The van der Waals surface area contributed by atoms with Crippen LogP contribution in [0.4, 0.5) is 35.1 Å². The highest BCUT2D eigenvalue weighted by atomic mass is 19.3. The summed E-state index contributed by atoms with van der Waals surface area (Å²) >= 11 is 0. The quantitative estimate of drug-likeness (QED) is 0.664. The van der Waals surface area contributed by atoms with Gasteiger partial charge >= 0.3 is 23.7 Å². The lowest BCUT2D eigenvalue weighted by molar-refractivity contribution is -0.285. The van der Waals surface area contributed by atoms with Crippen molar-refractivity contribution in [3.8, 4) is 0 Å². The van der Waals surface area contributed by atoms with Crippen molar-refractivity contribution in [1.29, 1.82) is 0 Å². The number of alkyl halides is 6. The van der Waals surface area contributed by atoms with Gasteiger partial charge in [-0.25, -0.2) is 13.6 Å². The van der Waals surface area contributed by atoms with E-state index in [1.165, 1.54) is 0 Å². The first-order chi connectivity index (χ1) is 9.75. The molecule has 0 fully saturated rings. The van der Waals surface area contributed by atoms with Crippen molar-refractivity contribution in [2.75, 3.05) is 0 Å². The molecule has 0 atom stereocenters. The number of hydrogen-bond acceptors (Lipinski definition) is 2. The van der Waals surface area contributed by atoms with Crippen LogP contribution in [0.2, 0.25) is 0 Å². The Bertz CT molecular complexity index is 606. The van der Waals surface area contributed by atoms with Crippen molar-refractivity contribution in [2.24, 2.45) is 0 Å². The number of benzene rings is 1. The van der Waals surface area contributed by atoms with Crippen molar-refractivity contribution in [2.45, 2.75) is 17.8 Å². The average molecular weight is 336 g/mol. The van der Waals surface area contributed by atoms with Gasteiger partial charge in [-0.15, -0.1) is 0 Å². The second-order valence-electron chi connectivity index (χ2n) is 4.02. The van der Waals surface area contributed by atoms with E-state index < -0.39 is 46.7 Å². The van der Waals surface area contributed by atoms with Crippen LogP contribution in [-0.4, -0.2) is 34.6 Å². The number of carbonyl (C=O) groups excluding carboxylic acids is 1. The molecule has 0 heterocycles. The van der Waals surface area contributed by atoms with Crippen LogP contribution in [-0.2, 0) is 4.79 Å². The van der Waals surface area contributed by atoms with Crippen LogP contribution < -0.4 is 0 Å². The molecule has 1 N–H and O–H groups in total. The minimum Gasteiger partial charge on any atom is -0.477 e. The van der Waals surface area contributed by atoms with Crippen LogP contribution >= 0.6 is 0 Å². The normalized spacial score (nSPS) is 13.1. The molecule has 1 aromatic rings. The number of hydrogen-bond donors (Lipinski definition) is 1.